The zero-order valence-corrected chi connectivity index (χ0v) is 36.6. The molecule has 0 amide bonds. The second kappa shape index (κ2) is 21.8. The van der Waals surface area contributed by atoms with Crippen LogP contribution in [0.3, 0.4) is 0 Å². The van der Waals surface area contributed by atoms with Crippen LogP contribution in [0.2, 0.25) is 8.93 Å². The summed E-state index contributed by atoms with van der Waals surface area (Å²) in [5, 5.41) is 18.4. The molecule has 0 saturated carbocycles. The maximum absolute atomic E-state index is 12.2. The molecule has 1 aliphatic heterocycles. The van der Waals surface area contributed by atoms with Crippen LogP contribution in [0, 0.1) is 13.8 Å². The summed E-state index contributed by atoms with van der Waals surface area (Å²) < 4.78 is 98.4. The summed E-state index contributed by atoms with van der Waals surface area (Å²) in [6.07, 6.45) is -3.59. The monoisotopic (exact) mass is 992 g/mol. The van der Waals surface area contributed by atoms with E-state index in [0.29, 0.717) is 44.1 Å². The van der Waals surface area contributed by atoms with E-state index >= 15 is 0 Å². The average molecular weight is 994 g/mol. The van der Waals surface area contributed by atoms with Crippen LogP contribution in [0.5, 0.6) is 11.5 Å². The molecule has 28 heteroatoms. The number of ether oxygens (including phenoxy) is 3. The molecule has 0 bridgehead atoms. The molecular weight excluding hydrogens is 965 g/mol. The van der Waals surface area contributed by atoms with Gasteiger partial charge in [0.05, 0.1) is 12.4 Å². The van der Waals surface area contributed by atoms with Crippen molar-refractivity contribution in [3.63, 3.8) is 0 Å². The maximum Gasteiger partial charge on any atom is 0.573 e. The van der Waals surface area contributed by atoms with Crippen molar-refractivity contribution in [3.8, 4) is 57.7 Å². The number of hydrogen-bond donors (Lipinski definition) is 1. The Morgan fingerprint density at radius 2 is 1.19 bits per heavy atom. The summed E-state index contributed by atoms with van der Waals surface area (Å²) >= 11 is 19.5. The summed E-state index contributed by atoms with van der Waals surface area (Å²) in [5.41, 5.74) is 0.918. The third kappa shape index (κ3) is 14.7. The second-order valence-electron chi connectivity index (χ2n) is 12.5. The van der Waals surface area contributed by atoms with Crippen molar-refractivity contribution >= 4 is 57.5 Å². The molecule has 0 atom stereocenters. The van der Waals surface area contributed by atoms with Gasteiger partial charge in [0, 0.05) is 46.5 Å². The van der Waals surface area contributed by atoms with Crippen molar-refractivity contribution in [3.05, 3.63) is 91.3 Å². The lowest BCUT2D eigenvalue weighted by Crippen LogP contribution is -2.16. The first-order chi connectivity index (χ1) is 30.5. The van der Waals surface area contributed by atoms with Gasteiger partial charge < -0.3 is 23.3 Å². The van der Waals surface area contributed by atoms with E-state index in [2.05, 4.69) is 65.0 Å². The van der Waals surface area contributed by atoms with Gasteiger partial charge in [0.25, 0.3) is 11.8 Å². The third-order valence-corrected chi connectivity index (χ3v) is 10.4. The highest BCUT2D eigenvalue weighted by Crippen LogP contribution is 2.28. The Kier molecular flexibility index (Phi) is 16.2. The van der Waals surface area contributed by atoms with E-state index < -0.39 is 12.7 Å². The molecule has 0 aliphatic carbocycles. The Bertz CT molecular complexity index is 2680. The van der Waals surface area contributed by atoms with Gasteiger partial charge in [0.2, 0.25) is 23.3 Å². The largest absolute Gasteiger partial charge is 0.573 e. The van der Waals surface area contributed by atoms with E-state index in [9.17, 15) is 26.3 Å². The lowest BCUT2D eigenvalue weighted by atomic mass is 10.2. The second-order valence-corrected chi connectivity index (χ2v) is 16.1. The number of aromatic amines is 1. The number of hydrogen-bond acceptors (Lipinski definition) is 17. The number of alkyl halides is 7. The molecule has 7 heterocycles. The molecule has 1 aliphatic rings. The van der Waals surface area contributed by atoms with E-state index in [0.717, 1.165) is 47.2 Å². The Hall–Kier alpha value is -5.73. The Balaban J connectivity index is 0.000000169. The van der Waals surface area contributed by atoms with Crippen LogP contribution >= 0.6 is 57.5 Å². The fourth-order valence-corrected chi connectivity index (χ4v) is 6.95. The minimum atomic E-state index is -4.76. The lowest BCUT2D eigenvalue weighted by Gasteiger charge is -2.08. The van der Waals surface area contributed by atoms with Crippen LogP contribution in [0.1, 0.15) is 34.2 Å². The number of rotatable bonds is 9. The zero-order chi connectivity index (χ0) is 45.9. The predicted molar refractivity (Wildman–Crippen MR) is 220 cm³/mol. The standard InChI is InChI=1S/C16H10ClF3N6O2S.C12H8F3N5O2.C4H3Cl2NS.C4H8O/c1-8-22-13(24-26(8)7-11-6-21-15(17)29-11)14-23-12(25-28-14)9-2-4-10(5-3-9)27-16(18,19)20;1-6-16-10(19-18-6)11-17-9(20-22-11)7-2-4-8(5-3-7)21-12(13,14)15;5-1-3-2-7-4(6)8-3;1-2-4-5-3-1/h2-6H,7H2,1H3;2-5H,1H3,(H,16,18,19);2H,1H2;1-4H2. The van der Waals surface area contributed by atoms with Gasteiger partial charge in [-0.2, -0.15) is 9.97 Å². The molecule has 8 aromatic rings. The number of aryl methyl sites for hydroxylation is 2. The summed E-state index contributed by atoms with van der Waals surface area (Å²) in [6.45, 7) is 5.92. The average Bonchev–Trinajstić information content (AvgIpc) is 4.10. The van der Waals surface area contributed by atoms with Gasteiger partial charge >= 0.3 is 12.7 Å². The number of nitrogens with zero attached hydrogens (tertiary/aromatic N) is 11. The molecule has 1 saturated heterocycles. The van der Waals surface area contributed by atoms with Gasteiger partial charge in [0.15, 0.2) is 8.93 Å². The van der Waals surface area contributed by atoms with Crippen molar-refractivity contribution in [2.24, 2.45) is 0 Å². The Labute approximate surface area is 379 Å². The molecule has 0 radical (unpaired) electrons. The minimum Gasteiger partial charge on any atom is -0.406 e. The number of nitrogens with one attached hydrogen (secondary N) is 1. The van der Waals surface area contributed by atoms with Crippen molar-refractivity contribution in [2.45, 2.75) is 51.8 Å². The predicted octanol–water partition coefficient (Wildman–Crippen LogP) is 10.4. The molecule has 2 aromatic carbocycles. The Morgan fingerprint density at radius 3 is 1.58 bits per heavy atom. The van der Waals surface area contributed by atoms with E-state index in [-0.39, 0.29) is 46.6 Å². The smallest absolute Gasteiger partial charge is 0.406 e. The van der Waals surface area contributed by atoms with Crippen molar-refractivity contribution in [1.29, 1.82) is 0 Å². The van der Waals surface area contributed by atoms with Crippen molar-refractivity contribution < 1.29 is 49.6 Å². The van der Waals surface area contributed by atoms with Crippen LogP contribution in [-0.2, 0) is 17.2 Å². The van der Waals surface area contributed by atoms with Crippen LogP contribution in [0.4, 0.5) is 26.3 Å². The lowest BCUT2D eigenvalue weighted by molar-refractivity contribution is -0.275. The molecule has 6 aromatic heterocycles. The molecule has 338 valence electrons. The molecule has 9 rings (SSSR count). The van der Waals surface area contributed by atoms with Gasteiger partial charge in [-0.05, 0) is 75.2 Å². The number of aromatic nitrogens is 12. The van der Waals surface area contributed by atoms with E-state index in [1.807, 2.05) is 0 Å². The summed E-state index contributed by atoms with van der Waals surface area (Å²) in [7, 11) is 0. The molecule has 0 spiro atoms. The van der Waals surface area contributed by atoms with E-state index in [1.165, 1.54) is 59.8 Å². The fourth-order valence-electron chi connectivity index (χ4n) is 4.93. The summed E-state index contributed by atoms with van der Waals surface area (Å²) in [6, 6.07) is 10.2. The highest BCUT2D eigenvalue weighted by atomic mass is 35.5. The zero-order valence-electron chi connectivity index (χ0n) is 32.7. The van der Waals surface area contributed by atoms with Crippen LogP contribution in [0.25, 0.3) is 46.2 Å². The number of thiazole rings is 2. The van der Waals surface area contributed by atoms with Crippen molar-refractivity contribution in [1.82, 2.24) is 60.2 Å². The fraction of sp³-hybridized carbons (Fsp3) is 0.278. The molecule has 1 fully saturated rings. The quantitative estimate of drug-likeness (QED) is 0.106. The van der Waals surface area contributed by atoms with Gasteiger partial charge in [-0.3, -0.25) is 5.10 Å². The van der Waals surface area contributed by atoms with Gasteiger partial charge in [0.1, 0.15) is 23.1 Å². The van der Waals surface area contributed by atoms with E-state index in [4.69, 9.17) is 48.6 Å². The van der Waals surface area contributed by atoms with Crippen molar-refractivity contribution in [2.75, 3.05) is 13.2 Å². The van der Waals surface area contributed by atoms with E-state index in [1.54, 1.807) is 30.9 Å². The number of H-pyrrole nitrogens is 1. The molecule has 64 heavy (non-hydrogen) atoms. The van der Waals surface area contributed by atoms with Gasteiger partial charge in [-0.15, -0.1) is 70.8 Å². The van der Waals surface area contributed by atoms with Crippen LogP contribution < -0.4 is 9.47 Å². The first-order valence-corrected chi connectivity index (χ1v) is 21.0. The van der Waals surface area contributed by atoms with Gasteiger partial charge in [-0.1, -0.05) is 33.5 Å². The minimum absolute atomic E-state index is 0.0832. The normalized spacial score (nSPS) is 12.4. The van der Waals surface area contributed by atoms with Gasteiger partial charge in [-0.25, -0.2) is 24.6 Å². The number of halogens is 9. The van der Waals surface area contributed by atoms with Crippen LogP contribution in [0.15, 0.2) is 70.0 Å². The Morgan fingerprint density at radius 1 is 0.688 bits per heavy atom. The summed E-state index contributed by atoms with van der Waals surface area (Å²) in [4.78, 5) is 26.3. The van der Waals surface area contributed by atoms with Crippen LogP contribution in [-0.4, -0.2) is 86.1 Å². The topological polar surface area (TPSA) is 204 Å². The SMILES string of the molecule is C1CCOC1.Cc1nc(-c2nc(-c3ccc(OC(F)(F)F)cc3)no2)n[nH]1.Cc1nc(-c2nc(-c3ccc(OC(F)(F)F)cc3)no2)nn1Cc1cnc(Cl)s1.ClCc1cnc(Cl)s1. The highest BCUT2D eigenvalue weighted by molar-refractivity contribution is 7.16. The first kappa shape index (κ1) is 47.7. The molecular formula is C36H29Cl3F6N12O5S2. The highest BCUT2D eigenvalue weighted by Gasteiger charge is 2.32. The molecule has 1 N–H and O–H groups in total. The third-order valence-electron chi connectivity index (χ3n) is 7.70. The molecule has 17 nitrogen and oxygen atoms in total. The number of benzene rings is 2. The molecule has 0 unspecified atom stereocenters. The summed E-state index contributed by atoms with van der Waals surface area (Å²) in [5.74, 6) is 2.09. The first-order valence-electron chi connectivity index (χ1n) is 18.1. The maximum atomic E-state index is 12.2.